The predicted molar refractivity (Wildman–Crippen MR) is 71.3 cm³/mol. The summed E-state index contributed by atoms with van der Waals surface area (Å²) in [5.74, 6) is -0.223. The van der Waals surface area contributed by atoms with Crippen molar-refractivity contribution in [2.75, 3.05) is 5.43 Å². The van der Waals surface area contributed by atoms with Crippen LogP contribution in [0.25, 0.3) is 0 Å². The Labute approximate surface area is 111 Å². The average Bonchev–Trinajstić information content (AvgIpc) is 2.74. The number of benzene rings is 1. The van der Waals surface area contributed by atoms with Crippen molar-refractivity contribution >= 4 is 23.2 Å². The molecule has 1 aliphatic rings. The van der Waals surface area contributed by atoms with Gasteiger partial charge in [-0.25, -0.2) is 0 Å². The number of rotatable bonds is 4. The van der Waals surface area contributed by atoms with E-state index in [9.17, 15) is 9.90 Å². The van der Waals surface area contributed by atoms with E-state index in [0.29, 0.717) is 23.6 Å². The first-order chi connectivity index (χ1) is 8.59. The van der Waals surface area contributed by atoms with Gasteiger partial charge in [0.05, 0.1) is 22.7 Å². The molecule has 98 valence electrons. The molecular weight excluding hydrogens is 252 g/mol. The molecule has 1 amide bonds. The Balaban J connectivity index is 1.83. The molecule has 1 aromatic rings. The van der Waals surface area contributed by atoms with Crippen LogP contribution in [-0.2, 0) is 4.79 Å². The summed E-state index contributed by atoms with van der Waals surface area (Å²) in [7, 11) is 0. The van der Waals surface area contributed by atoms with Crippen molar-refractivity contribution in [2.45, 2.75) is 37.7 Å². The van der Waals surface area contributed by atoms with Crippen molar-refractivity contribution in [3.8, 4) is 0 Å². The first-order valence-corrected chi connectivity index (χ1v) is 6.49. The van der Waals surface area contributed by atoms with Crippen LogP contribution in [0.3, 0.4) is 0 Å². The highest BCUT2D eigenvalue weighted by Gasteiger charge is 2.33. The molecule has 1 fully saturated rings. The zero-order valence-electron chi connectivity index (χ0n) is 10.1. The molecule has 3 N–H and O–H groups in total. The van der Waals surface area contributed by atoms with Crippen molar-refractivity contribution in [3.05, 3.63) is 29.3 Å². The number of carbonyl (C=O) groups excluding carboxylic acids is 1. The van der Waals surface area contributed by atoms with Gasteiger partial charge in [0.2, 0.25) is 5.91 Å². The molecule has 1 aliphatic carbocycles. The quantitative estimate of drug-likeness (QED) is 0.735. The maximum absolute atomic E-state index is 11.7. The first-order valence-electron chi connectivity index (χ1n) is 6.11. The summed E-state index contributed by atoms with van der Waals surface area (Å²) in [6.45, 7) is 0. The molecule has 18 heavy (non-hydrogen) atoms. The van der Waals surface area contributed by atoms with Crippen molar-refractivity contribution in [3.63, 3.8) is 0 Å². The van der Waals surface area contributed by atoms with E-state index in [0.717, 1.165) is 12.8 Å². The topological polar surface area (TPSA) is 61.4 Å². The van der Waals surface area contributed by atoms with Gasteiger partial charge < -0.3 is 5.11 Å². The SMILES string of the molecule is O=C(CC1(O)CCCC1)NNc1ccccc1Cl. The maximum Gasteiger partial charge on any atom is 0.241 e. The fraction of sp³-hybridized carbons (Fsp3) is 0.462. The normalized spacial score (nSPS) is 17.4. The molecule has 0 bridgehead atoms. The van der Waals surface area contributed by atoms with E-state index in [1.165, 1.54) is 0 Å². The minimum Gasteiger partial charge on any atom is -0.389 e. The van der Waals surface area contributed by atoms with E-state index in [-0.39, 0.29) is 12.3 Å². The van der Waals surface area contributed by atoms with Gasteiger partial charge in [0, 0.05) is 0 Å². The van der Waals surface area contributed by atoms with Gasteiger partial charge in [-0.3, -0.25) is 15.6 Å². The lowest BCUT2D eigenvalue weighted by Crippen LogP contribution is -2.37. The Hall–Kier alpha value is -1.26. The molecular formula is C13H17ClN2O2. The van der Waals surface area contributed by atoms with Crippen LogP contribution in [0.15, 0.2) is 24.3 Å². The standard InChI is InChI=1S/C13H17ClN2O2/c14-10-5-1-2-6-11(10)15-16-12(17)9-13(18)7-3-4-8-13/h1-2,5-6,15,18H,3-4,7-9H2,(H,16,17). The monoisotopic (exact) mass is 268 g/mol. The summed E-state index contributed by atoms with van der Waals surface area (Å²) in [6.07, 6.45) is 3.51. The van der Waals surface area contributed by atoms with Crippen LogP contribution >= 0.6 is 11.6 Å². The third-order valence-electron chi connectivity index (χ3n) is 3.23. The van der Waals surface area contributed by atoms with Crippen LogP contribution in [0.4, 0.5) is 5.69 Å². The second-order valence-corrected chi connectivity index (χ2v) is 5.17. The number of hydrogen-bond donors (Lipinski definition) is 3. The largest absolute Gasteiger partial charge is 0.389 e. The third kappa shape index (κ3) is 3.37. The number of nitrogens with one attached hydrogen (secondary N) is 2. The number of aliphatic hydroxyl groups is 1. The van der Waals surface area contributed by atoms with Crippen molar-refractivity contribution in [1.29, 1.82) is 0 Å². The lowest BCUT2D eigenvalue weighted by atomic mass is 9.98. The van der Waals surface area contributed by atoms with Gasteiger partial charge >= 0.3 is 0 Å². The summed E-state index contributed by atoms with van der Waals surface area (Å²) in [4.78, 5) is 11.7. The van der Waals surface area contributed by atoms with E-state index in [4.69, 9.17) is 11.6 Å². The van der Waals surface area contributed by atoms with Crippen LogP contribution in [0.2, 0.25) is 5.02 Å². The molecule has 0 radical (unpaired) electrons. The van der Waals surface area contributed by atoms with Gasteiger partial charge in [0.25, 0.3) is 0 Å². The smallest absolute Gasteiger partial charge is 0.241 e. The number of para-hydroxylation sites is 1. The number of carbonyl (C=O) groups is 1. The third-order valence-corrected chi connectivity index (χ3v) is 3.56. The summed E-state index contributed by atoms with van der Waals surface area (Å²) >= 11 is 5.94. The molecule has 0 heterocycles. The van der Waals surface area contributed by atoms with Crippen LogP contribution in [0, 0.1) is 0 Å². The Morgan fingerprint density at radius 1 is 1.33 bits per heavy atom. The van der Waals surface area contributed by atoms with Gasteiger partial charge in [-0.15, -0.1) is 0 Å². The molecule has 0 unspecified atom stereocenters. The molecule has 5 heteroatoms. The van der Waals surface area contributed by atoms with Crippen LogP contribution in [-0.4, -0.2) is 16.6 Å². The van der Waals surface area contributed by atoms with Crippen molar-refractivity contribution in [1.82, 2.24) is 5.43 Å². The highest BCUT2D eigenvalue weighted by Crippen LogP contribution is 2.32. The minimum absolute atomic E-state index is 0.129. The highest BCUT2D eigenvalue weighted by molar-refractivity contribution is 6.33. The van der Waals surface area contributed by atoms with Gasteiger partial charge in [-0.05, 0) is 25.0 Å². The van der Waals surface area contributed by atoms with E-state index in [2.05, 4.69) is 10.9 Å². The van der Waals surface area contributed by atoms with E-state index in [1.54, 1.807) is 12.1 Å². The number of hydrogen-bond acceptors (Lipinski definition) is 3. The molecule has 2 rings (SSSR count). The summed E-state index contributed by atoms with van der Waals surface area (Å²) in [6, 6.07) is 7.15. The van der Waals surface area contributed by atoms with E-state index >= 15 is 0 Å². The molecule has 0 aliphatic heterocycles. The minimum atomic E-state index is -0.827. The molecule has 0 spiro atoms. The van der Waals surface area contributed by atoms with Gasteiger partial charge in [-0.1, -0.05) is 36.6 Å². The first kappa shape index (κ1) is 13.2. The lowest BCUT2D eigenvalue weighted by molar-refractivity contribution is -0.125. The second-order valence-electron chi connectivity index (χ2n) is 4.76. The zero-order valence-corrected chi connectivity index (χ0v) is 10.8. The average molecular weight is 269 g/mol. The maximum atomic E-state index is 11.7. The Bertz CT molecular complexity index is 431. The van der Waals surface area contributed by atoms with Crippen molar-refractivity contribution < 1.29 is 9.90 Å². The summed E-state index contributed by atoms with van der Waals surface area (Å²) in [5, 5.41) is 10.6. The molecule has 1 aromatic carbocycles. The number of halogens is 1. The molecule has 0 aromatic heterocycles. The second kappa shape index (κ2) is 5.59. The number of amides is 1. The number of anilines is 1. The van der Waals surface area contributed by atoms with Crippen LogP contribution < -0.4 is 10.9 Å². The van der Waals surface area contributed by atoms with Gasteiger partial charge in [0.15, 0.2) is 0 Å². The molecule has 4 nitrogen and oxygen atoms in total. The Morgan fingerprint density at radius 3 is 2.67 bits per heavy atom. The Kier molecular flexibility index (Phi) is 4.09. The van der Waals surface area contributed by atoms with Gasteiger partial charge in [-0.2, -0.15) is 0 Å². The molecule has 1 saturated carbocycles. The van der Waals surface area contributed by atoms with E-state index in [1.807, 2.05) is 12.1 Å². The van der Waals surface area contributed by atoms with Crippen LogP contribution in [0.1, 0.15) is 32.1 Å². The van der Waals surface area contributed by atoms with Gasteiger partial charge in [0.1, 0.15) is 0 Å². The lowest BCUT2D eigenvalue weighted by Gasteiger charge is -2.21. The fourth-order valence-electron chi connectivity index (χ4n) is 2.25. The van der Waals surface area contributed by atoms with Crippen LogP contribution in [0.5, 0.6) is 0 Å². The zero-order chi connectivity index (χ0) is 13.0. The summed E-state index contributed by atoms with van der Waals surface area (Å²) < 4.78 is 0. The fourth-order valence-corrected chi connectivity index (χ4v) is 2.44. The predicted octanol–water partition coefficient (Wildman–Crippen LogP) is 2.48. The van der Waals surface area contributed by atoms with E-state index < -0.39 is 5.60 Å². The molecule has 0 atom stereocenters. The Morgan fingerprint density at radius 2 is 2.00 bits per heavy atom. The number of hydrazine groups is 1. The molecule has 0 saturated heterocycles. The summed E-state index contributed by atoms with van der Waals surface area (Å²) in [5.41, 5.74) is 5.14. The van der Waals surface area contributed by atoms with Crippen molar-refractivity contribution in [2.24, 2.45) is 0 Å². The highest BCUT2D eigenvalue weighted by atomic mass is 35.5.